The second kappa shape index (κ2) is 8.05. The molecule has 1 N–H and O–H groups in total. The number of rotatable bonds is 5. The van der Waals surface area contributed by atoms with Gasteiger partial charge >= 0.3 is 0 Å². The highest BCUT2D eigenvalue weighted by Gasteiger charge is 2.18. The molecule has 0 saturated heterocycles. The van der Waals surface area contributed by atoms with Gasteiger partial charge in [0, 0.05) is 0 Å². The van der Waals surface area contributed by atoms with E-state index in [1.165, 1.54) is 0 Å². The summed E-state index contributed by atoms with van der Waals surface area (Å²) in [7, 11) is 0. The lowest BCUT2D eigenvalue weighted by Crippen LogP contribution is -2.27. The van der Waals surface area contributed by atoms with E-state index in [0.717, 1.165) is 16.9 Å². The third-order valence-corrected chi connectivity index (χ3v) is 4.57. The first-order chi connectivity index (χ1) is 13.7. The largest absolute Gasteiger partial charge is 0.486 e. The van der Waals surface area contributed by atoms with Crippen molar-refractivity contribution in [2.24, 2.45) is 0 Å². The Balaban J connectivity index is 1.57. The Kier molecular flexibility index (Phi) is 5.15. The zero-order chi connectivity index (χ0) is 19.3. The number of furan rings is 1. The van der Waals surface area contributed by atoms with Gasteiger partial charge in [-0.3, -0.25) is 4.79 Å². The molecule has 0 bridgehead atoms. The van der Waals surface area contributed by atoms with Crippen molar-refractivity contribution in [1.82, 2.24) is 5.32 Å². The van der Waals surface area contributed by atoms with Crippen LogP contribution in [0.15, 0.2) is 71.3 Å². The quantitative estimate of drug-likeness (QED) is 0.669. The number of carbonyl (C=O) groups is 1. The number of benzene rings is 2. The monoisotopic (exact) mass is 375 g/mol. The fraction of sp³-hybridized carbons (Fsp3) is 0.174. The summed E-state index contributed by atoms with van der Waals surface area (Å²) in [6.45, 7) is 3.02. The minimum Gasteiger partial charge on any atom is -0.486 e. The standard InChI is InChI=1S/C23H21NO4/c1-16(18-9-10-21-22(14-18)28-13-12-27-21)24-23(25)20(15-19-8-5-11-26-19)17-6-3-2-4-7-17/h2-11,14-16H,12-13H2,1H3,(H,24,25)/b20-15+. The predicted molar refractivity (Wildman–Crippen MR) is 107 cm³/mol. The van der Waals surface area contributed by atoms with Crippen LogP contribution in [0.3, 0.4) is 0 Å². The van der Waals surface area contributed by atoms with E-state index in [2.05, 4.69) is 5.32 Å². The summed E-state index contributed by atoms with van der Waals surface area (Å²) in [5.74, 6) is 1.89. The molecule has 5 heteroatoms. The van der Waals surface area contributed by atoms with Gasteiger partial charge in [0.1, 0.15) is 19.0 Å². The van der Waals surface area contributed by atoms with Crippen LogP contribution in [0.25, 0.3) is 11.6 Å². The molecule has 3 aromatic rings. The van der Waals surface area contributed by atoms with E-state index in [1.54, 1.807) is 18.4 Å². The zero-order valence-electron chi connectivity index (χ0n) is 15.6. The van der Waals surface area contributed by atoms with E-state index in [1.807, 2.05) is 61.5 Å². The Hall–Kier alpha value is -3.47. The Morgan fingerprint density at radius 1 is 1.00 bits per heavy atom. The number of carbonyl (C=O) groups excluding carboxylic acids is 1. The Morgan fingerprint density at radius 2 is 1.79 bits per heavy atom. The number of hydrogen-bond acceptors (Lipinski definition) is 4. The smallest absolute Gasteiger partial charge is 0.252 e. The summed E-state index contributed by atoms with van der Waals surface area (Å²) in [6, 6.07) is 18.7. The second-order valence-electron chi connectivity index (χ2n) is 6.54. The molecule has 0 radical (unpaired) electrons. The summed E-state index contributed by atoms with van der Waals surface area (Å²) in [6.07, 6.45) is 3.34. The first-order valence-electron chi connectivity index (χ1n) is 9.22. The molecule has 1 unspecified atom stereocenters. The molecule has 0 spiro atoms. The van der Waals surface area contributed by atoms with Gasteiger partial charge in [0.2, 0.25) is 0 Å². The van der Waals surface area contributed by atoms with E-state index in [0.29, 0.717) is 30.3 Å². The van der Waals surface area contributed by atoms with Crippen LogP contribution in [-0.2, 0) is 4.79 Å². The molecule has 0 saturated carbocycles. The van der Waals surface area contributed by atoms with Gasteiger partial charge in [0.05, 0.1) is 17.9 Å². The Labute approximate surface area is 163 Å². The third-order valence-electron chi connectivity index (χ3n) is 4.57. The molecule has 5 nitrogen and oxygen atoms in total. The summed E-state index contributed by atoms with van der Waals surface area (Å²) < 4.78 is 16.6. The molecule has 0 aliphatic carbocycles. The second-order valence-corrected chi connectivity index (χ2v) is 6.54. The molecule has 28 heavy (non-hydrogen) atoms. The van der Waals surface area contributed by atoms with E-state index in [-0.39, 0.29) is 11.9 Å². The normalized spacial score (nSPS) is 14.4. The van der Waals surface area contributed by atoms with Crippen molar-refractivity contribution < 1.29 is 18.7 Å². The first-order valence-corrected chi connectivity index (χ1v) is 9.22. The van der Waals surface area contributed by atoms with Gasteiger partial charge in [-0.25, -0.2) is 0 Å². The number of nitrogens with one attached hydrogen (secondary N) is 1. The van der Waals surface area contributed by atoms with E-state index in [9.17, 15) is 4.79 Å². The van der Waals surface area contributed by atoms with Crippen LogP contribution in [0.2, 0.25) is 0 Å². The van der Waals surface area contributed by atoms with Crippen LogP contribution in [0, 0.1) is 0 Å². The molecule has 2 heterocycles. The van der Waals surface area contributed by atoms with Crippen LogP contribution < -0.4 is 14.8 Å². The topological polar surface area (TPSA) is 60.7 Å². The minimum absolute atomic E-state index is 0.176. The summed E-state index contributed by atoms with van der Waals surface area (Å²) in [5, 5.41) is 3.07. The van der Waals surface area contributed by atoms with Gasteiger partial charge < -0.3 is 19.2 Å². The first kappa shape index (κ1) is 17.9. The highest BCUT2D eigenvalue weighted by Crippen LogP contribution is 2.32. The number of ether oxygens (including phenoxy) is 2. The molecule has 1 aromatic heterocycles. The van der Waals surface area contributed by atoms with E-state index in [4.69, 9.17) is 13.9 Å². The average Bonchev–Trinajstić information content (AvgIpc) is 3.25. The molecular weight excluding hydrogens is 354 g/mol. The number of amides is 1. The maximum atomic E-state index is 13.1. The molecule has 4 rings (SSSR count). The van der Waals surface area contributed by atoms with Crippen LogP contribution in [0.4, 0.5) is 0 Å². The maximum Gasteiger partial charge on any atom is 0.252 e. The van der Waals surface area contributed by atoms with E-state index >= 15 is 0 Å². The molecule has 1 aliphatic rings. The molecule has 2 aromatic carbocycles. The van der Waals surface area contributed by atoms with Crippen molar-refractivity contribution in [2.75, 3.05) is 13.2 Å². The fourth-order valence-corrected chi connectivity index (χ4v) is 3.10. The molecule has 1 aliphatic heterocycles. The van der Waals surface area contributed by atoms with Crippen molar-refractivity contribution in [2.45, 2.75) is 13.0 Å². The van der Waals surface area contributed by atoms with Crippen LogP contribution in [-0.4, -0.2) is 19.1 Å². The van der Waals surface area contributed by atoms with Crippen molar-refractivity contribution in [1.29, 1.82) is 0 Å². The van der Waals surface area contributed by atoms with E-state index < -0.39 is 0 Å². The van der Waals surface area contributed by atoms with Crippen molar-refractivity contribution in [3.05, 3.63) is 83.8 Å². The Morgan fingerprint density at radius 3 is 2.54 bits per heavy atom. The van der Waals surface area contributed by atoms with Crippen molar-refractivity contribution in [3.8, 4) is 11.5 Å². The van der Waals surface area contributed by atoms with Crippen LogP contribution in [0.5, 0.6) is 11.5 Å². The predicted octanol–water partition coefficient (Wildman–Crippen LogP) is 4.47. The van der Waals surface area contributed by atoms with Gasteiger partial charge in [0.15, 0.2) is 11.5 Å². The van der Waals surface area contributed by atoms with Gasteiger partial charge in [-0.15, -0.1) is 0 Å². The van der Waals surface area contributed by atoms with Gasteiger partial charge in [-0.1, -0.05) is 36.4 Å². The van der Waals surface area contributed by atoms with Crippen molar-refractivity contribution >= 4 is 17.6 Å². The minimum atomic E-state index is -0.202. The summed E-state index contributed by atoms with van der Waals surface area (Å²) in [4.78, 5) is 13.1. The highest BCUT2D eigenvalue weighted by atomic mass is 16.6. The number of fused-ring (bicyclic) bond motifs is 1. The molecule has 1 atom stereocenters. The molecule has 1 amide bonds. The third kappa shape index (κ3) is 3.93. The Bertz CT molecular complexity index is 977. The SMILES string of the molecule is CC(NC(=O)/C(=C/c1ccco1)c1ccccc1)c1ccc2c(c1)OCCO2. The van der Waals surface area contributed by atoms with Gasteiger partial charge in [0.25, 0.3) is 5.91 Å². The van der Waals surface area contributed by atoms with Gasteiger partial charge in [-0.2, -0.15) is 0 Å². The van der Waals surface area contributed by atoms with Crippen LogP contribution in [0.1, 0.15) is 29.9 Å². The molecular formula is C23H21NO4. The molecule has 142 valence electrons. The average molecular weight is 375 g/mol. The zero-order valence-corrected chi connectivity index (χ0v) is 15.6. The summed E-state index contributed by atoms with van der Waals surface area (Å²) >= 11 is 0. The van der Waals surface area contributed by atoms with Gasteiger partial charge in [-0.05, 0) is 48.4 Å². The summed E-state index contributed by atoms with van der Waals surface area (Å²) in [5.41, 5.74) is 2.31. The lowest BCUT2D eigenvalue weighted by Gasteiger charge is -2.21. The lowest BCUT2D eigenvalue weighted by molar-refractivity contribution is -0.116. The van der Waals surface area contributed by atoms with Crippen molar-refractivity contribution in [3.63, 3.8) is 0 Å². The number of hydrogen-bond donors (Lipinski definition) is 1. The molecule has 0 fully saturated rings. The maximum absolute atomic E-state index is 13.1. The fourth-order valence-electron chi connectivity index (χ4n) is 3.10. The highest BCUT2D eigenvalue weighted by molar-refractivity contribution is 6.24. The van der Waals surface area contributed by atoms with Crippen LogP contribution >= 0.6 is 0 Å². The lowest BCUT2D eigenvalue weighted by atomic mass is 10.0.